The molecule has 0 bridgehead atoms. The lowest BCUT2D eigenvalue weighted by molar-refractivity contribution is 0.0466. The van der Waals surface area contributed by atoms with Gasteiger partial charge in [-0.1, -0.05) is 13.8 Å². The second kappa shape index (κ2) is 7.40. The van der Waals surface area contributed by atoms with Gasteiger partial charge in [0, 0.05) is 30.9 Å². The Morgan fingerprint density at radius 1 is 1.24 bits per heavy atom. The standard InChI is InChI=1S/C20H26N2O3/c1-4-22(5-2)11-12-25-20(24)14-9-10-17-16(13-14)15-7-6-8-18(23)19(15)21(17)3/h9-10,13H,4-8,11-12H2,1-3H3. The maximum Gasteiger partial charge on any atom is 0.338 e. The summed E-state index contributed by atoms with van der Waals surface area (Å²) in [5.74, 6) is -0.0999. The number of Topliss-reactive ketones (excluding diaryl/α,β-unsaturated/α-hetero) is 1. The van der Waals surface area contributed by atoms with Gasteiger partial charge in [0.2, 0.25) is 0 Å². The van der Waals surface area contributed by atoms with Crippen LogP contribution in [0.2, 0.25) is 0 Å². The van der Waals surface area contributed by atoms with Crippen LogP contribution in [0, 0.1) is 0 Å². The predicted octanol–water partition coefficient (Wildman–Crippen LogP) is 3.20. The Labute approximate surface area is 148 Å². The summed E-state index contributed by atoms with van der Waals surface area (Å²) in [5, 5.41) is 1.00. The van der Waals surface area contributed by atoms with Gasteiger partial charge in [0.05, 0.1) is 11.3 Å². The molecule has 25 heavy (non-hydrogen) atoms. The molecule has 2 aromatic rings. The summed E-state index contributed by atoms with van der Waals surface area (Å²) < 4.78 is 7.39. The third kappa shape index (κ3) is 3.33. The van der Waals surface area contributed by atoms with E-state index in [0.717, 1.165) is 54.6 Å². The average Bonchev–Trinajstić information content (AvgIpc) is 2.92. The summed E-state index contributed by atoms with van der Waals surface area (Å²) in [6.45, 7) is 7.23. The summed E-state index contributed by atoms with van der Waals surface area (Å²) in [4.78, 5) is 26.8. The molecule has 0 unspecified atom stereocenters. The molecule has 0 radical (unpaired) electrons. The van der Waals surface area contributed by atoms with Crippen LogP contribution in [0.3, 0.4) is 0 Å². The number of carbonyl (C=O) groups is 2. The number of hydrogen-bond acceptors (Lipinski definition) is 4. The van der Waals surface area contributed by atoms with Gasteiger partial charge in [-0.25, -0.2) is 4.79 Å². The Kier molecular flexibility index (Phi) is 5.23. The number of fused-ring (bicyclic) bond motifs is 3. The topological polar surface area (TPSA) is 51.5 Å². The van der Waals surface area contributed by atoms with Gasteiger partial charge < -0.3 is 14.2 Å². The van der Waals surface area contributed by atoms with Gasteiger partial charge >= 0.3 is 5.97 Å². The van der Waals surface area contributed by atoms with Crippen LogP contribution >= 0.6 is 0 Å². The zero-order valence-corrected chi connectivity index (χ0v) is 15.3. The first kappa shape index (κ1) is 17.7. The van der Waals surface area contributed by atoms with Gasteiger partial charge in [0.25, 0.3) is 0 Å². The third-order valence-corrected chi connectivity index (χ3v) is 5.17. The highest BCUT2D eigenvalue weighted by Gasteiger charge is 2.25. The smallest absolute Gasteiger partial charge is 0.338 e. The summed E-state index contributed by atoms with van der Waals surface area (Å²) in [5.41, 5.74) is 3.43. The molecule has 134 valence electrons. The molecule has 0 spiro atoms. The monoisotopic (exact) mass is 342 g/mol. The number of rotatable bonds is 6. The average molecular weight is 342 g/mol. The highest BCUT2D eigenvalue weighted by Crippen LogP contribution is 2.32. The van der Waals surface area contributed by atoms with Crippen molar-refractivity contribution in [3.63, 3.8) is 0 Å². The number of aromatic nitrogens is 1. The number of benzene rings is 1. The Hall–Kier alpha value is -2.14. The molecular formula is C20H26N2O3. The summed E-state index contributed by atoms with van der Waals surface area (Å²) >= 11 is 0. The molecule has 1 heterocycles. The minimum Gasteiger partial charge on any atom is -0.461 e. The molecule has 0 saturated carbocycles. The first-order valence-corrected chi connectivity index (χ1v) is 9.10. The van der Waals surface area contributed by atoms with Crippen LogP contribution in [0.4, 0.5) is 0 Å². The van der Waals surface area contributed by atoms with Crippen molar-refractivity contribution >= 4 is 22.7 Å². The Morgan fingerprint density at radius 2 is 2.00 bits per heavy atom. The van der Waals surface area contributed by atoms with Crippen molar-refractivity contribution in [3.8, 4) is 0 Å². The van der Waals surface area contributed by atoms with Crippen molar-refractivity contribution in [2.75, 3.05) is 26.2 Å². The number of esters is 1. The fraction of sp³-hybridized carbons (Fsp3) is 0.500. The van der Waals surface area contributed by atoms with Crippen molar-refractivity contribution in [1.82, 2.24) is 9.47 Å². The molecule has 5 nitrogen and oxygen atoms in total. The third-order valence-electron chi connectivity index (χ3n) is 5.17. The van der Waals surface area contributed by atoms with Crippen LogP contribution in [0.1, 0.15) is 53.1 Å². The van der Waals surface area contributed by atoms with E-state index in [4.69, 9.17) is 4.74 Å². The Balaban J connectivity index is 1.81. The molecule has 1 aliphatic carbocycles. The molecule has 1 aromatic carbocycles. The van der Waals surface area contributed by atoms with E-state index in [9.17, 15) is 9.59 Å². The van der Waals surface area contributed by atoms with Crippen LogP contribution < -0.4 is 0 Å². The first-order chi connectivity index (χ1) is 12.1. The second-order valence-electron chi connectivity index (χ2n) is 6.56. The van der Waals surface area contributed by atoms with E-state index < -0.39 is 0 Å². The van der Waals surface area contributed by atoms with Gasteiger partial charge in [-0.2, -0.15) is 0 Å². The quantitative estimate of drug-likeness (QED) is 0.757. The van der Waals surface area contributed by atoms with Crippen LogP contribution in [0.5, 0.6) is 0 Å². The van der Waals surface area contributed by atoms with E-state index in [0.29, 0.717) is 18.6 Å². The zero-order valence-electron chi connectivity index (χ0n) is 15.3. The Morgan fingerprint density at radius 3 is 2.72 bits per heavy atom. The summed E-state index contributed by atoms with van der Waals surface area (Å²) in [6, 6.07) is 5.59. The van der Waals surface area contributed by atoms with E-state index >= 15 is 0 Å². The molecule has 0 aliphatic heterocycles. The molecule has 0 fully saturated rings. The zero-order chi connectivity index (χ0) is 18.0. The van der Waals surface area contributed by atoms with E-state index in [-0.39, 0.29) is 11.8 Å². The molecule has 1 aromatic heterocycles. The molecule has 0 amide bonds. The van der Waals surface area contributed by atoms with Gasteiger partial charge in [0.15, 0.2) is 5.78 Å². The Bertz CT molecular complexity index is 803. The highest BCUT2D eigenvalue weighted by molar-refractivity contribution is 6.05. The predicted molar refractivity (Wildman–Crippen MR) is 98.3 cm³/mol. The van der Waals surface area contributed by atoms with Gasteiger partial charge in [-0.05, 0) is 49.7 Å². The van der Waals surface area contributed by atoms with Gasteiger partial charge in [-0.15, -0.1) is 0 Å². The maximum absolute atomic E-state index is 12.4. The summed E-state index contributed by atoms with van der Waals surface area (Å²) in [7, 11) is 1.92. The fourth-order valence-corrected chi connectivity index (χ4v) is 3.69. The molecule has 1 aliphatic rings. The second-order valence-corrected chi connectivity index (χ2v) is 6.56. The maximum atomic E-state index is 12.4. The lowest BCUT2D eigenvalue weighted by Gasteiger charge is -2.17. The number of likely N-dealkylation sites (N-methyl/N-ethyl adjacent to an activating group) is 1. The lowest BCUT2D eigenvalue weighted by atomic mass is 9.94. The van der Waals surface area contributed by atoms with Crippen LogP contribution in [0.25, 0.3) is 10.9 Å². The SMILES string of the molecule is CCN(CC)CCOC(=O)c1ccc2c(c1)c1c(n2C)C(=O)CCC1. The summed E-state index contributed by atoms with van der Waals surface area (Å²) in [6.07, 6.45) is 2.37. The highest BCUT2D eigenvalue weighted by atomic mass is 16.5. The van der Waals surface area contributed by atoms with E-state index in [1.807, 2.05) is 23.7 Å². The largest absolute Gasteiger partial charge is 0.461 e. The van der Waals surface area contributed by atoms with E-state index in [1.54, 1.807) is 6.07 Å². The minimum atomic E-state index is -0.297. The molecule has 0 atom stereocenters. The lowest BCUT2D eigenvalue weighted by Crippen LogP contribution is -2.27. The van der Waals surface area contributed by atoms with Crippen molar-refractivity contribution in [3.05, 3.63) is 35.0 Å². The number of ketones is 1. The number of carbonyl (C=O) groups excluding carboxylic acids is 2. The number of hydrogen-bond donors (Lipinski definition) is 0. The molecule has 0 saturated heterocycles. The number of nitrogens with zero attached hydrogens (tertiary/aromatic N) is 2. The van der Waals surface area contributed by atoms with E-state index in [1.165, 1.54) is 0 Å². The normalized spacial score (nSPS) is 14.2. The fourth-order valence-electron chi connectivity index (χ4n) is 3.69. The van der Waals surface area contributed by atoms with Crippen molar-refractivity contribution < 1.29 is 14.3 Å². The van der Waals surface area contributed by atoms with Crippen LogP contribution in [-0.4, -0.2) is 47.5 Å². The van der Waals surface area contributed by atoms with Gasteiger partial charge in [-0.3, -0.25) is 4.79 Å². The van der Waals surface area contributed by atoms with Crippen molar-refractivity contribution in [1.29, 1.82) is 0 Å². The van der Waals surface area contributed by atoms with Gasteiger partial charge in [0.1, 0.15) is 6.61 Å². The van der Waals surface area contributed by atoms with Crippen molar-refractivity contribution in [2.45, 2.75) is 33.1 Å². The van der Waals surface area contributed by atoms with E-state index in [2.05, 4.69) is 18.7 Å². The molecule has 5 heteroatoms. The first-order valence-electron chi connectivity index (χ1n) is 9.10. The molecule has 0 N–H and O–H groups in total. The van der Waals surface area contributed by atoms with Crippen LogP contribution in [0.15, 0.2) is 18.2 Å². The van der Waals surface area contributed by atoms with Crippen molar-refractivity contribution in [2.24, 2.45) is 7.05 Å². The number of aryl methyl sites for hydroxylation is 2. The van der Waals surface area contributed by atoms with Crippen LogP contribution in [-0.2, 0) is 18.2 Å². The minimum absolute atomic E-state index is 0.197. The number of ether oxygens (including phenoxy) is 1. The molecular weight excluding hydrogens is 316 g/mol. The molecule has 3 rings (SSSR count).